The van der Waals surface area contributed by atoms with Crippen LogP contribution >= 0.6 is 0 Å². The zero-order valence-electron chi connectivity index (χ0n) is 20.8. The maximum Gasteiger partial charge on any atom is 0.252 e. The minimum atomic E-state index is -1.07. The predicted molar refractivity (Wildman–Crippen MR) is 139 cm³/mol. The van der Waals surface area contributed by atoms with Gasteiger partial charge < -0.3 is 24.8 Å². The molecule has 0 spiro atoms. The monoisotopic (exact) mass is 515 g/mol. The zero-order chi connectivity index (χ0) is 26.5. The lowest BCUT2D eigenvalue weighted by atomic mass is 10.0. The minimum absolute atomic E-state index is 0.200. The van der Waals surface area contributed by atoms with Gasteiger partial charge in [-0.2, -0.15) is 0 Å². The van der Waals surface area contributed by atoms with E-state index in [1.54, 1.807) is 47.4 Å². The van der Waals surface area contributed by atoms with Crippen LogP contribution < -0.4 is 14.8 Å². The van der Waals surface area contributed by atoms with Crippen LogP contribution in [0.3, 0.4) is 0 Å². The molecule has 5 rings (SSSR count). The van der Waals surface area contributed by atoms with E-state index in [2.05, 4.69) is 10.2 Å². The maximum absolute atomic E-state index is 13.1. The highest BCUT2D eigenvalue weighted by atomic mass is 16.7. The Labute approximate surface area is 220 Å². The second-order valence-corrected chi connectivity index (χ2v) is 9.27. The number of ether oxygens (including phenoxy) is 2. The molecule has 2 heterocycles. The molecule has 1 atom stereocenters. The number of ketones is 1. The lowest BCUT2D eigenvalue weighted by Crippen LogP contribution is -2.55. The Morgan fingerprint density at radius 3 is 2.29 bits per heavy atom. The second kappa shape index (κ2) is 11.5. The number of hydrogen-bond donors (Lipinski definition) is 2. The minimum Gasteiger partial charge on any atom is -0.454 e. The first-order valence-electron chi connectivity index (χ1n) is 12.5. The number of hydrogen-bond acceptors (Lipinski definition) is 7. The molecular formula is C29H29N3O6. The van der Waals surface area contributed by atoms with Gasteiger partial charge in [-0.25, -0.2) is 0 Å². The van der Waals surface area contributed by atoms with Crippen molar-refractivity contribution in [3.8, 4) is 11.5 Å². The van der Waals surface area contributed by atoms with Crippen LogP contribution in [0.5, 0.6) is 11.5 Å². The Morgan fingerprint density at radius 1 is 0.816 bits per heavy atom. The quantitative estimate of drug-likeness (QED) is 0.442. The molecule has 1 saturated heterocycles. The van der Waals surface area contributed by atoms with Crippen molar-refractivity contribution in [2.24, 2.45) is 0 Å². The van der Waals surface area contributed by atoms with Gasteiger partial charge in [0.15, 0.2) is 17.3 Å². The first kappa shape index (κ1) is 25.4. The molecule has 3 aromatic rings. The number of rotatable bonds is 8. The largest absolute Gasteiger partial charge is 0.454 e. The fourth-order valence-corrected chi connectivity index (χ4v) is 4.63. The lowest BCUT2D eigenvalue weighted by molar-refractivity contribution is -0.136. The number of nitrogens with zero attached hydrogens (tertiary/aromatic N) is 2. The zero-order valence-corrected chi connectivity index (χ0v) is 20.8. The SMILES string of the molecule is O=C(N[C@@H](CO)C(=O)N1CCN(Cc2ccc3c(c2)OCO3)CC1)c1cccc(C(=O)c2ccccc2)c1. The highest BCUT2D eigenvalue weighted by molar-refractivity contribution is 6.10. The molecule has 0 unspecified atom stereocenters. The number of benzene rings is 3. The molecule has 38 heavy (non-hydrogen) atoms. The fourth-order valence-electron chi connectivity index (χ4n) is 4.63. The van der Waals surface area contributed by atoms with Crippen molar-refractivity contribution in [3.05, 3.63) is 95.1 Å². The van der Waals surface area contributed by atoms with E-state index in [9.17, 15) is 19.5 Å². The Balaban J connectivity index is 1.16. The van der Waals surface area contributed by atoms with Crippen molar-refractivity contribution in [1.29, 1.82) is 0 Å². The highest BCUT2D eigenvalue weighted by Gasteiger charge is 2.29. The smallest absolute Gasteiger partial charge is 0.252 e. The van der Waals surface area contributed by atoms with Gasteiger partial charge in [-0.3, -0.25) is 19.3 Å². The average Bonchev–Trinajstić information content (AvgIpc) is 3.44. The van der Waals surface area contributed by atoms with Gasteiger partial charge in [0, 0.05) is 49.4 Å². The van der Waals surface area contributed by atoms with Gasteiger partial charge in [0.05, 0.1) is 6.61 Å². The van der Waals surface area contributed by atoms with Crippen molar-refractivity contribution in [2.45, 2.75) is 12.6 Å². The van der Waals surface area contributed by atoms with Gasteiger partial charge in [0.2, 0.25) is 12.7 Å². The predicted octanol–water partition coefficient (Wildman–Crippen LogP) is 2.08. The van der Waals surface area contributed by atoms with E-state index in [1.807, 2.05) is 24.3 Å². The second-order valence-electron chi connectivity index (χ2n) is 9.27. The number of carbonyl (C=O) groups excluding carboxylic acids is 3. The first-order valence-corrected chi connectivity index (χ1v) is 12.5. The number of aliphatic hydroxyl groups is 1. The van der Waals surface area contributed by atoms with Crippen LogP contribution in [0.4, 0.5) is 0 Å². The van der Waals surface area contributed by atoms with Crippen LogP contribution in [0.1, 0.15) is 31.8 Å². The van der Waals surface area contributed by atoms with Crippen molar-refractivity contribution >= 4 is 17.6 Å². The molecule has 2 aliphatic heterocycles. The summed E-state index contributed by atoms with van der Waals surface area (Å²) in [6.45, 7) is 2.72. The molecule has 0 aromatic heterocycles. The summed E-state index contributed by atoms with van der Waals surface area (Å²) in [6, 6.07) is 19.9. The summed E-state index contributed by atoms with van der Waals surface area (Å²) in [5.74, 6) is 0.430. The van der Waals surface area contributed by atoms with Crippen molar-refractivity contribution in [3.63, 3.8) is 0 Å². The Morgan fingerprint density at radius 2 is 1.53 bits per heavy atom. The molecule has 0 radical (unpaired) electrons. The van der Waals surface area contributed by atoms with E-state index in [-0.39, 0.29) is 24.0 Å². The molecular weight excluding hydrogens is 486 g/mol. The van der Waals surface area contributed by atoms with E-state index < -0.39 is 18.6 Å². The van der Waals surface area contributed by atoms with Crippen LogP contribution in [-0.2, 0) is 11.3 Å². The molecule has 9 nitrogen and oxygen atoms in total. The van der Waals surface area contributed by atoms with Gasteiger partial charge in [0.1, 0.15) is 6.04 Å². The molecule has 9 heteroatoms. The van der Waals surface area contributed by atoms with Gasteiger partial charge in [0.25, 0.3) is 5.91 Å². The maximum atomic E-state index is 13.1. The molecule has 196 valence electrons. The number of aliphatic hydroxyl groups excluding tert-OH is 1. The van der Waals surface area contributed by atoms with Crippen LogP contribution in [-0.4, -0.2) is 78.1 Å². The molecule has 2 aliphatic rings. The average molecular weight is 516 g/mol. The summed E-state index contributed by atoms with van der Waals surface area (Å²) in [5, 5.41) is 12.5. The number of piperazine rings is 1. The summed E-state index contributed by atoms with van der Waals surface area (Å²) in [7, 11) is 0. The highest BCUT2D eigenvalue weighted by Crippen LogP contribution is 2.32. The first-order chi connectivity index (χ1) is 18.5. The van der Waals surface area contributed by atoms with E-state index in [4.69, 9.17) is 9.47 Å². The molecule has 0 bridgehead atoms. The Kier molecular flexibility index (Phi) is 7.67. The number of amides is 2. The van der Waals surface area contributed by atoms with Crippen LogP contribution in [0.15, 0.2) is 72.8 Å². The molecule has 3 aromatic carbocycles. The molecule has 0 saturated carbocycles. The summed E-state index contributed by atoms with van der Waals surface area (Å²) >= 11 is 0. The standard InChI is InChI=1S/C29H29N3O6/c33-18-24(30-28(35)23-8-4-7-22(16-23)27(34)21-5-2-1-3-6-21)29(36)32-13-11-31(12-14-32)17-20-9-10-25-26(15-20)38-19-37-25/h1-10,15-16,24,33H,11-14,17-19H2,(H,30,35)/t24-/m0/s1. The van der Waals surface area contributed by atoms with Gasteiger partial charge >= 0.3 is 0 Å². The van der Waals surface area contributed by atoms with Gasteiger partial charge in [-0.1, -0.05) is 48.5 Å². The van der Waals surface area contributed by atoms with E-state index in [1.165, 1.54) is 6.07 Å². The van der Waals surface area contributed by atoms with Crippen molar-refractivity contribution in [1.82, 2.24) is 15.1 Å². The number of fused-ring (bicyclic) bond motifs is 1. The van der Waals surface area contributed by atoms with E-state index in [0.717, 1.165) is 23.6 Å². The summed E-state index contributed by atoms with van der Waals surface area (Å²) in [5.41, 5.74) is 2.23. The third kappa shape index (κ3) is 5.69. The Hall–Kier alpha value is -4.21. The molecule has 2 amide bonds. The van der Waals surface area contributed by atoms with Gasteiger partial charge in [-0.05, 0) is 29.8 Å². The number of nitrogens with one attached hydrogen (secondary N) is 1. The van der Waals surface area contributed by atoms with Crippen molar-refractivity contribution in [2.75, 3.05) is 39.6 Å². The van der Waals surface area contributed by atoms with Crippen molar-refractivity contribution < 1.29 is 29.0 Å². The molecule has 1 fully saturated rings. The third-order valence-electron chi connectivity index (χ3n) is 6.74. The van der Waals surface area contributed by atoms with Crippen LogP contribution in [0.25, 0.3) is 0 Å². The number of carbonyl (C=O) groups is 3. The fraction of sp³-hybridized carbons (Fsp3) is 0.276. The third-order valence-corrected chi connectivity index (χ3v) is 6.74. The Bertz CT molecular complexity index is 1320. The lowest BCUT2D eigenvalue weighted by Gasteiger charge is -2.36. The van der Waals surface area contributed by atoms with Crippen LogP contribution in [0.2, 0.25) is 0 Å². The molecule has 0 aliphatic carbocycles. The topological polar surface area (TPSA) is 108 Å². The van der Waals surface area contributed by atoms with Gasteiger partial charge in [-0.15, -0.1) is 0 Å². The normalized spacial score (nSPS) is 15.7. The summed E-state index contributed by atoms with van der Waals surface area (Å²) in [4.78, 5) is 42.7. The van der Waals surface area contributed by atoms with E-state index >= 15 is 0 Å². The molecule has 2 N–H and O–H groups in total. The summed E-state index contributed by atoms with van der Waals surface area (Å²) < 4.78 is 10.8. The van der Waals surface area contributed by atoms with E-state index in [0.29, 0.717) is 37.3 Å². The van der Waals surface area contributed by atoms with Crippen LogP contribution in [0, 0.1) is 0 Å². The summed E-state index contributed by atoms with van der Waals surface area (Å²) in [6.07, 6.45) is 0.